The number of aryl methyl sites for hydroxylation is 1. The number of hydrogen-bond acceptors (Lipinski definition) is 5. The first-order valence-electron chi connectivity index (χ1n) is 10.2. The zero-order valence-corrected chi connectivity index (χ0v) is 19.5. The maximum Gasteiger partial charge on any atom is 0.269 e. The van der Waals surface area contributed by atoms with E-state index in [9.17, 15) is 14.0 Å². The van der Waals surface area contributed by atoms with Crippen LogP contribution < -0.4 is 10.9 Å². The Morgan fingerprint density at radius 2 is 1.68 bits per heavy atom. The van der Waals surface area contributed by atoms with Crippen LogP contribution in [0.25, 0.3) is 17.1 Å². The quantitative estimate of drug-likeness (QED) is 0.302. The van der Waals surface area contributed by atoms with Crippen molar-refractivity contribution in [2.75, 3.05) is 5.75 Å². The molecule has 7 nitrogen and oxygen atoms in total. The van der Waals surface area contributed by atoms with Gasteiger partial charge in [0, 0.05) is 16.3 Å². The van der Waals surface area contributed by atoms with Gasteiger partial charge in [0.1, 0.15) is 5.82 Å². The van der Waals surface area contributed by atoms with E-state index in [0.717, 1.165) is 23.0 Å². The molecule has 34 heavy (non-hydrogen) atoms. The lowest BCUT2D eigenvalue weighted by Crippen LogP contribution is -2.42. The van der Waals surface area contributed by atoms with E-state index in [2.05, 4.69) is 21.0 Å². The molecule has 0 saturated carbocycles. The minimum atomic E-state index is -0.473. The average molecular weight is 496 g/mol. The van der Waals surface area contributed by atoms with Gasteiger partial charge < -0.3 is 0 Å². The number of hydrogen-bond donors (Lipinski definition) is 2. The molecule has 0 radical (unpaired) electrons. The summed E-state index contributed by atoms with van der Waals surface area (Å²) < 4.78 is 16.2. The first-order valence-corrected chi connectivity index (χ1v) is 11.5. The highest BCUT2D eigenvalue weighted by atomic mass is 35.5. The van der Waals surface area contributed by atoms with Crippen molar-refractivity contribution in [1.29, 1.82) is 0 Å². The van der Waals surface area contributed by atoms with E-state index in [4.69, 9.17) is 11.6 Å². The van der Waals surface area contributed by atoms with Gasteiger partial charge in [0.2, 0.25) is 5.91 Å². The number of thioether (sulfide) groups is 1. The number of carbonyl (C=O) groups is 2. The maximum atomic E-state index is 14.5. The second kappa shape index (κ2) is 10.5. The van der Waals surface area contributed by atoms with Crippen LogP contribution in [-0.2, 0) is 4.79 Å². The van der Waals surface area contributed by atoms with Crippen LogP contribution in [0.5, 0.6) is 0 Å². The van der Waals surface area contributed by atoms with Crippen LogP contribution in [0.3, 0.4) is 0 Å². The third-order valence-electron chi connectivity index (χ3n) is 4.79. The van der Waals surface area contributed by atoms with Crippen molar-refractivity contribution in [2.24, 2.45) is 0 Å². The van der Waals surface area contributed by atoms with Gasteiger partial charge in [-0.05, 0) is 55.5 Å². The van der Waals surface area contributed by atoms with Crippen LogP contribution in [0.4, 0.5) is 4.39 Å². The molecule has 4 aromatic rings. The lowest BCUT2D eigenvalue weighted by Gasteiger charge is -2.11. The summed E-state index contributed by atoms with van der Waals surface area (Å²) in [5, 5.41) is 9.28. The predicted octanol–water partition coefficient (Wildman–Crippen LogP) is 4.59. The van der Waals surface area contributed by atoms with Gasteiger partial charge in [-0.1, -0.05) is 53.2 Å². The molecule has 1 aromatic heterocycles. The topological polar surface area (TPSA) is 88.9 Å². The Labute approximate surface area is 204 Å². The highest BCUT2D eigenvalue weighted by molar-refractivity contribution is 7.99. The summed E-state index contributed by atoms with van der Waals surface area (Å²) in [7, 11) is 0. The second-order valence-electron chi connectivity index (χ2n) is 7.25. The van der Waals surface area contributed by atoms with Crippen molar-refractivity contribution < 1.29 is 14.0 Å². The van der Waals surface area contributed by atoms with E-state index >= 15 is 0 Å². The summed E-state index contributed by atoms with van der Waals surface area (Å²) in [6.45, 7) is 1.96. The molecule has 2 amide bonds. The molecule has 172 valence electrons. The lowest BCUT2D eigenvalue weighted by molar-refractivity contribution is -0.119. The fraction of sp³-hybridized carbons (Fsp3) is 0.0833. The third-order valence-corrected chi connectivity index (χ3v) is 5.98. The molecule has 3 aromatic carbocycles. The number of amides is 2. The van der Waals surface area contributed by atoms with Crippen molar-refractivity contribution in [3.8, 4) is 17.1 Å². The number of rotatable bonds is 6. The number of nitrogens with zero attached hydrogens (tertiary/aromatic N) is 3. The van der Waals surface area contributed by atoms with E-state index in [-0.39, 0.29) is 5.75 Å². The zero-order chi connectivity index (χ0) is 24.1. The first-order chi connectivity index (χ1) is 16.4. The summed E-state index contributed by atoms with van der Waals surface area (Å²) in [6.07, 6.45) is 0. The summed E-state index contributed by atoms with van der Waals surface area (Å²) in [5.41, 5.74) is 7.17. The van der Waals surface area contributed by atoms with E-state index in [0.29, 0.717) is 27.1 Å². The monoisotopic (exact) mass is 495 g/mol. The van der Waals surface area contributed by atoms with Crippen molar-refractivity contribution in [3.63, 3.8) is 0 Å². The van der Waals surface area contributed by atoms with E-state index in [1.54, 1.807) is 47.0 Å². The van der Waals surface area contributed by atoms with Gasteiger partial charge in [0.05, 0.1) is 11.3 Å². The van der Waals surface area contributed by atoms with E-state index < -0.39 is 17.6 Å². The van der Waals surface area contributed by atoms with Crippen molar-refractivity contribution in [1.82, 2.24) is 25.6 Å². The highest BCUT2D eigenvalue weighted by Crippen LogP contribution is 2.29. The number of carbonyl (C=O) groups excluding carboxylic acids is 2. The van der Waals surface area contributed by atoms with Gasteiger partial charge >= 0.3 is 0 Å². The van der Waals surface area contributed by atoms with Gasteiger partial charge in [-0.15, -0.1) is 10.2 Å². The van der Waals surface area contributed by atoms with E-state index in [1.807, 2.05) is 31.2 Å². The van der Waals surface area contributed by atoms with Crippen LogP contribution in [-0.4, -0.2) is 32.3 Å². The average Bonchev–Trinajstić information content (AvgIpc) is 3.26. The van der Waals surface area contributed by atoms with Crippen molar-refractivity contribution in [2.45, 2.75) is 12.1 Å². The molecule has 1 heterocycles. The fourth-order valence-corrected chi connectivity index (χ4v) is 3.95. The number of hydrazine groups is 1. The van der Waals surface area contributed by atoms with Gasteiger partial charge in [-0.3, -0.25) is 25.0 Å². The van der Waals surface area contributed by atoms with Crippen LogP contribution in [0.1, 0.15) is 15.9 Å². The summed E-state index contributed by atoms with van der Waals surface area (Å²) in [6, 6.07) is 20.2. The minimum absolute atomic E-state index is 0.0534. The molecule has 0 unspecified atom stereocenters. The van der Waals surface area contributed by atoms with Crippen molar-refractivity contribution in [3.05, 3.63) is 94.8 Å². The first kappa shape index (κ1) is 23.5. The predicted molar refractivity (Wildman–Crippen MR) is 129 cm³/mol. The molecule has 4 rings (SSSR count). The molecule has 2 N–H and O–H groups in total. The Bertz CT molecular complexity index is 1330. The highest BCUT2D eigenvalue weighted by Gasteiger charge is 2.19. The van der Waals surface area contributed by atoms with Gasteiger partial charge in [0.25, 0.3) is 5.91 Å². The minimum Gasteiger partial charge on any atom is -0.272 e. The molecule has 10 heteroatoms. The molecule has 0 bridgehead atoms. The van der Waals surface area contributed by atoms with E-state index in [1.165, 1.54) is 6.07 Å². The zero-order valence-electron chi connectivity index (χ0n) is 18.0. The lowest BCUT2D eigenvalue weighted by atomic mass is 10.2. The molecular formula is C24H19ClFN5O2S. The smallest absolute Gasteiger partial charge is 0.269 e. The Morgan fingerprint density at radius 3 is 2.38 bits per heavy atom. The normalized spacial score (nSPS) is 10.7. The number of halogens is 2. The molecule has 0 fully saturated rings. The van der Waals surface area contributed by atoms with Gasteiger partial charge in [-0.2, -0.15) is 0 Å². The number of nitrogens with one attached hydrogen (secondary N) is 2. The Balaban J connectivity index is 1.50. The van der Waals surface area contributed by atoms with Crippen LogP contribution in [0.15, 0.2) is 78.0 Å². The molecular weight excluding hydrogens is 477 g/mol. The maximum absolute atomic E-state index is 14.5. The Kier molecular flexibility index (Phi) is 7.24. The van der Waals surface area contributed by atoms with Gasteiger partial charge in [-0.25, -0.2) is 4.39 Å². The molecule has 0 spiro atoms. The second-order valence-corrected chi connectivity index (χ2v) is 8.63. The molecule has 0 aliphatic rings. The van der Waals surface area contributed by atoms with Gasteiger partial charge in [0.15, 0.2) is 11.0 Å². The number of aromatic nitrogens is 3. The molecule has 0 aliphatic heterocycles. The molecule has 0 saturated heterocycles. The Hall–Kier alpha value is -3.69. The largest absolute Gasteiger partial charge is 0.272 e. The van der Waals surface area contributed by atoms with Crippen LogP contribution >= 0.6 is 23.4 Å². The van der Waals surface area contributed by atoms with Crippen LogP contribution in [0.2, 0.25) is 5.02 Å². The summed E-state index contributed by atoms with van der Waals surface area (Å²) in [4.78, 5) is 24.5. The SMILES string of the molecule is Cc1ccc(-n2c(SCC(=O)NNC(=O)c3ccc(Cl)cc3)nnc2-c2ccccc2F)cc1. The number of benzene rings is 3. The summed E-state index contributed by atoms with van der Waals surface area (Å²) >= 11 is 6.93. The fourth-order valence-electron chi connectivity index (χ4n) is 3.07. The summed E-state index contributed by atoms with van der Waals surface area (Å²) in [5.74, 6) is -1.08. The van der Waals surface area contributed by atoms with Crippen molar-refractivity contribution >= 4 is 35.2 Å². The Morgan fingerprint density at radius 1 is 0.971 bits per heavy atom. The van der Waals surface area contributed by atoms with Crippen LogP contribution in [0, 0.1) is 12.7 Å². The third kappa shape index (κ3) is 5.44. The molecule has 0 aliphatic carbocycles. The standard InChI is InChI=1S/C24H19ClFN5O2S/c1-15-6-12-18(13-7-15)31-22(19-4-2-3-5-20(19)26)28-30-24(31)34-14-21(32)27-29-23(33)16-8-10-17(25)11-9-16/h2-13H,14H2,1H3,(H,27,32)(H,29,33). The molecule has 0 atom stereocenters.